The Bertz CT molecular complexity index is 1490. The molecule has 5 aromatic rings. The molecule has 34 heavy (non-hydrogen) atoms. The zero-order chi connectivity index (χ0) is 23.1. The van der Waals surface area contributed by atoms with Gasteiger partial charge in [0.05, 0.1) is 12.0 Å². The van der Waals surface area contributed by atoms with Crippen LogP contribution in [-0.2, 0) is 19.4 Å². The lowest BCUT2D eigenvalue weighted by Crippen LogP contribution is -2.05. The van der Waals surface area contributed by atoms with Crippen molar-refractivity contribution >= 4 is 28.6 Å². The summed E-state index contributed by atoms with van der Waals surface area (Å²) < 4.78 is 4.14. The Hall–Kier alpha value is -3.55. The number of halogens is 1. The first-order valence-corrected chi connectivity index (χ1v) is 12.3. The molecule has 0 N–H and O–H groups in total. The smallest absolute Gasteiger partial charge is 0.160 e. The van der Waals surface area contributed by atoms with Crippen LogP contribution in [0, 0.1) is 6.92 Å². The van der Waals surface area contributed by atoms with Gasteiger partial charge in [0.25, 0.3) is 0 Å². The van der Waals surface area contributed by atoms with Gasteiger partial charge in [-0.15, -0.1) is 21.5 Å². The largest absolute Gasteiger partial charge is 0.306 e. The number of thiophene rings is 1. The third-order valence-electron chi connectivity index (χ3n) is 6.02. The average molecular weight is 485 g/mol. The summed E-state index contributed by atoms with van der Waals surface area (Å²) in [5, 5.41) is 10.5. The van der Waals surface area contributed by atoms with E-state index >= 15 is 0 Å². The lowest BCUT2D eigenvalue weighted by Gasteiger charge is -2.08. The Labute approximate surface area is 206 Å². The SMILES string of the molecule is Cc1nnc2n1-c1sc(CCc3ccc(-n4ccnc4)cc3)cc1C(c1ccccc1Cl)=NC2. The fraction of sp³-hybridized carbons (Fsp3) is 0.154. The molecule has 4 heterocycles. The van der Waals surface area contributed by atoms with Crippen LogP contribution in [0.5, 0.6) is 0 Å². The highest BCUT2D eigenvalue weighted by molar-refractivity contribution is 7.15. The summed E-state index contributed by atoms with van der Waals surface area (Å²) in [5.74, 6) is 1.72. The van der Waals surface area contributed by atoms with Gasteiger partial charge in [-0.25, -0.2) is 4.98 Å². The maximum absolute atomic E-state index is 6.57. The predicted octanol–water partition coefficient (Wildman–Crippen LogP) is 5.61. The van der Waals surface area contributed by atoms with E-state index in [1.54, 1.807) is 17.5 Å². The molecule has 8 heteroatoms. The van der Waals surface area contributed by atoms with E-state index in [9.17, 15) is 0 Å². The van der Waals surface area contributed by atoms with Crippen LogP contribution in [0.4, 0.5) is 0 Å². The van der Waals surface area contributed by atoms with Crippen LogP contribution in [0.2, 0.25) is 5.02 Å². The summed E-state index contributed by atoms with van der Waals surface area (Å²) in [6.45, 7) is 2.46. The second-order valence-electron chi connectivity index (χ2n) is 8.21. The van der Waals surface area contributed by atoms with Gasteiger partial charge in [0.1, 0.15) is 17.4 Å². The number of hydrogen-bond donors (Lipinski definition) is 0. The van der Waals surface area contributed by atoms with E-state index in [1.165, 1.54) is 10.4 Å². The van der Waals surface area contributed by atoms with E-state index in [-0.39, 0.29) is 0 Å². The topological polar surface area (TPSA) is 60.9 Å². The zero-order valence-corrected chi connectivity index (χ0v) is 20.1. The highest BCUT2D eigenvalue weighted by Crippen LogP contribution is 2.35. The van der Waals surface area contributed by atoms with Gasteiger partial charge in [0, 0.05) is 39.1 Å². The highest BCUT2D eigenvalue weighted by atomic mass is 35.5. The van der Waals surface area contributed by atoms with E-state index < -0.39 is 0 Å². The second-order valence-corrected chi connectivity index (χ2v) is 9.73. The van der Waals surface area contributed by atoms with Crippen molar-refractivity contribution in [2.45, 2.75) is 26.3 Å². The van der Waals surface area contributed by atoms with Gasteiger partial charge >= 0.3 is 0 Å². The molecule has 0 unspecified atom stereocenters. The molecule has 1 aliphatic heterocycles. The minimum absolute atomic E-state index is 0.474. The molecule has 2 aromatic carbocycles. The molecular weight excluding hydrogens is 464 g/mol. The van der Waals surface area contributed by atoms with Gasteiger partial charge in [-0.1, -0.05) is 41.9 Å². The van der Waals surface area contributed by atoms with Crippen LogP contribution in [0.15, 0.2) is 78.3 Å². The minimum atomic E-state index is 0.474. The molecule has 0 fully saturated rings. The van der Waals surface area contributed by atoms with E-state index in [1.807, 2.05) is 48.3 Å². The molecule has 6 nitrogen and oxygen atoms in total. The van der Waals surface area contributed by atoms with Gasteiger partial charge < -0.3 is 4.57 Å². The van der Waals surface area contributed by atoms with Crippen molar-refractivity contribution in [3.8, 4) is 10.7 Å². The van der Waals surface area contributed by atoms with Gasteiger partial charge in [0.2, 0.25) is 0 Å². The van der Waals surface area contributed by atoms with Crippen molar-refractivity contribution in [1.29, 1.82) is 0 Å². The van der Waals surface area contributed by atoms with Crippen LogP contribution in [-0.4, -0.2) is 30.0 Å². The van der Waals surface area contributed by atoms with Gasteiger partial charge in [-0.3, -0.25) is 9.56 Å². The molecule has 1 aliphatic rings. The summed E-state index contributed by atoms with van der Waals surface area (Å²) >= 11 is 8.36. The minimum Gasteiger partial charge on any atom is -0.306 e. The van der Waals surface area contributed by atoms with Gasteiger partial charge in [-0.05, 0) is 49.6 Å². The lowest BCUT2D eigenvalue weighted by atomic mass is 10.0. The number of aromatic nitrogens is 5. The molecule has 0 atom stereocenters. The standard InChI is InChI=1S/C26H21ClN6S/c1-17-30-31-24-15-29-25(21-4-2-3-5-23(21)27)22-14-20(34-26(22)33(17)24)11-8-18-6-9-19(10-7-18)32-13-12-28-16-32/h2-7,9-10,12-14,16H,8,11,15H2,1H3. The fourth-order valence-corrected chi connectivity index (χ4v) is 5.74. The number of hydrogen-bond acceptors (Lipinski definition) is 5. The maximum Gasteiger partial charge on any atom is 0.160 e. The van der Waals surface area contributed by atoms with Crippen LogP contribution in [0.25, 0.3) is 10.7 Å². The van der Waals surface area contributed by atoms with Crippen molar-refractivity contribution in [2.75, 3.05) is 0 Å². The number of nitrogens with zero attached hydrogens (tertiary/aromatic N) is 6. The Morgan fingerprint density at radius 3 is 2.65 bits per heavy atom. The monoisotopic (exact) mass is 484 g/mol. The van der Waals surface area contributed by atoms with Crippen LogP contribution < -0.4 is 0 Å². The normalized spacial score (nSPS) is 12.7. The van der Waals surface area contributed by atoms with Crippen LogP contribution in [0.3, 0.4) is 0 Å². The Balaban J connectivity index is 1.33. The summed E-state index contributed by atoms with van der Waals surface area (Å²) in [7, 11) is 0. The molecular formula is C26H21ClN6S. The fourth-order valence-electron chi connectivity index (χ4n) is 4.30. The molecule has 168 valence electrons. The molecule has 0 amide bonds. The van der Waals surface area contributed by atoms with Crippen molar-refractivity contribution in [1.82, 2.24) is 24.3 Å². The third-order valence-corrected chi connectivity index (χ3v) is 7.53. The number of benzene rings is 2. The van der Waals surface area contributed by atoms with Crippen molar-refractivity contribution in [3.63, 3.8) is 0 Å². The molecule has 0 saturated heterocycles. The first-order chi connectivity index (χ1) is 16.7. The number of rotatable bonds is 5. The Morgan fingerprint density at radius 1 is 1.00 bits per heavy atom. The molecule has 0 saturated carbocycles. The van der Waals surface area contributed by atoms with Crippen molar-refractivity contribution in [2.24, 2.45) is 4.99 Å². The molecule has 0 spiro atoms. The van der Waals surface area contributed by atoms with Crippen molar-refractivity contribution < 1.29 is 0 Å². The summed E-state index contributed by atoms with van der Waals surface area (Å²) in [6, 6.07) is 18.8. The summed E-state index contributed by atoms with van der Waals surface area (Å²) in [6.07, 6.45) is 7.45. The quantitative estimate of drug-likeness (QED) is 0.325. The predicted molar refractivity (Wildman–Crippen MR) is 136 cm³/mol. The van der Waals surface area contributed by atoms with Crippen LogP contribution >= 0.6 is 22.9 Å². The third kappa shape index (κ3) is 3.77. The van der Waals surface area contributed by atoms with Gasteiger partial charge in [0.15, 0.2) is 5.82 Å². The number of imidazole rings is 1. The average Bonchev–Trinajstić information content (AvgIpc) is 3.59. The van der Waals surface area contributed by atoms with Crippen molar-refractivity contribution in [3.05, 3.63) is 112 Å². The van der Waals surface area contributed by atoms with Crippen LogP contribution in [0.1, 0.15) is 33.2 Å². The number of aryl methyl sites for hydroxylation is 3. The van der Waals surface area contributed by atoms with E-state index in [0.29, 0.717) is 11.6 Å². The summed E-state index contributed by atoms with van der Waals surface area (Å²) in [5.41, 5.74) is 5.36. The van der Waals surface area contributed by atoms with Gasteiger partial charge in [-0.2, -0.15) is 0 Å². The molecule has 3 aromatic heterocycles. The first-order valence-electron chi connectivity index (χ1n) is 11.1. The van der Waals surface area contributed by atoms with E-state index in [2.05, 4.69) is 50.1 Å². The number of fused-ring (bicyclic) bond motifs is 3. The van der Waals surface area contributed by atoms with E-state index in [4.69, 9.17) is 16.6 Å². The Kier molecular flexibility index (Phi) is 5.36. The zero-order valence-electron chi connectivity index (χ0n) is 18.5. The second kappa shape index (κ2) is 8.66. The first kappa shape index (κ1) is 21.0. The Morgan fingerprint density at radius 2 is 1.85 bits per heavy atom. The molecule has 0 radical (unpaired) electrons. The molecule has 0 bridgehead atoms. The number of aliphatic imine (C=N–C) groups is 1. The molecule has 0 aliphatic carbocycles. The maximum atomic E-state index is 6.57. The summed E-state index contributed by atoms with van der Waals surface area (Å²) in [4.78, 5) is 10.3. The van der Waals surface area contributed by atoms with E-state index in [0.717, 1.165) is 52.0 Å². The molecule has 6 rings (SSSR count). The highest BCUT2D eigenvalue weighted by Gasteiger charge is 2.25. The lowest BCUT2D eigenvalue weighted by molar-refractivity contribution is 0.869.